The monoisotopic (exact) mass is 480 g/mol. The lowest BCUT2D eigenvalue weighted by Crippen LogP contribution is -2.40. The molecule has 7 heteroatoms. The molecular weight excluding hydrogens is 444 g/mol. The molecule has 3 rings (SSSR count). The summed E-state index contributed by atoms with van der Waals surface area (Å²) in [5.74, 6) is -1.08. The van der Waals surface area contributed by atoms with Gasteiger partial charge in [-0.2, -0.15) is 0 Å². The van der Waals surface area contributed by atoms with Crippen molar-refractivity contribution in [1.82, 2.24) is 10.6 Å². The number of benzene rings is 2. The molecular formula is C28H36N2O5. The smallest absolute Gasteiger partial charge is 0.407 e. The summed E-state index contributed by atoms with van der Waals surface area (Å²) in [5, 5.41) is 14.7. The van der Waals surface area contributed by atoms with Crippen molar-refractivity contribution in [2.45, 2.75) is 58.4 Å². The number of rotatable bonds is 12. The fourth-order valence-corrected chi connectivity index (χ4v) is 4.72. The van der Waals surface area contributed by atoms with E-state index in [-0.39, 0.29) is 49.2 Å². The Hall–Kier alpha value is -3.35. The van der Waals surface area contributed by atoms with Crippen molar-refractivity contribution in [2.75, 3.05) is 13.2 Å². The number of amides is 2. The zero-order valence-corrected chi connectivity index (χ0v) is 20.8. The van der Waals surface area contributed by atoms with E-state index in [4.69, 9.17) is 9.84 Å². The van der Waals surface area contributed by atoms with E-state index in [2.05, 4.69) is 34.9 Å². The van der Waals surface area contributed by atoms with Crippen molar-refractivity contribution in [2.24, 2.45) is 11.8 Å². The van der Waals surface area contributed by atoms with Gasteiger partial charge in [-0.1, -0.05) is 75.7 Å². The van der Waals surface area contributed by atoms with Gasteiger partial charge in [-0.25, -0.2) is 4.79 Å². The summed E-state index contributed by atoms with van der Waals surface area (Å²) in [5.41, 5.74) is 4.65. The van der Waals surface area contributed by atoms with Gasteiger partial charge in [0.05, 0.1) is 6.42 Å². The lowest BCUT2D eigenvalue weighted by molar-refractivity contribution is -0.137. The molecule has 188 valence electrons. The van der Waals surface area contributed by atoms with E-state index in [1.165, 1.54) is 11.1 Å². The highest BCUT2D eigenvalue weighted by Crippen LogP contribution is 2.44. The molecule has 2 atom stereocenters. The topological polar surface area (TPSA) is 105 Å². The molecule has 0 heterocycles. The van der Waals surface area contributed by atoms with Crippen molar-refractivity contribution < 1.29 is 24.2 Å². The average molecular weight is 481 g/mol. The van der Waals surface area contributed by atoms with Crippen molar-refractivity contribution in [3.63, 3.8) is 0 Å². The van der Waals surface area contributed by atoms with E-state index < -0.39 is 12.1 Å². The number of fused-ring (bicyclic) bond motifs is 3. The Balaban J connectivity index is 1.52. The Kier molecular flexibility index (Phi) is 9.29. The number of hydrogen-bond donors (Lipinski definition) is 3. The number of hydrogen-bond acceptors (Lipinski definition) is 4. The van der Waals surface area contributed by atoms with Crippen LogP contribution in [0.15, 0.2) is 48.5 Å². The van der Waals surface area contributed by atoms with Gasteiger partial charge in [0.1, 0.15) is 6.61 Å². The minimum absolute atomic E-state index is 0.00967. The molecule has 2 aromatic carbocycles. The van der Waals surface area contributed by atoms with E-state index in [0.717, 1.165) is 17.5 Å². The van der Waals surface area contributed by atoms with Gasteiger partial charge in [-0.3, -0.25) is 9.59 Å². The van der Waals surface area contributed by atoms with Crippen LogP contribution in [0.3, 0.4) is 0 Å². The van der Waals surface area contributed by atoms with Crippen LogP contribution in [-0.4, -0.2) is 42.3 Å². The van der Waals surface area contributed by atoms with E-state index >= 15 is 0 Å². The second-order valence-corrected chi connectivity index (χ2v) is 9.57. The molecule has 0 spiro atoms. The zero-order chi connectivity index (χ0) is 25.4. The maximum Gasteiger partial charge on any atom is 0.407 e. The maximum absolute atomic E-state index is 12.6. The molecule has 7 nitrogen and oxygen atoms in total. The quantitative estimate of drug-likeness (QED) is 0.399. The summed E-state index contributed by atoms with van der Waals surface area (Å²) in [4.78, 5) is 36.1. The van der Waals surface area contributed by atoms with Gasteiger partial charge < -0.3 is 20.5 Å². The number of carbonyl (C=O) groups excluding carboxylic acids is 2. The highest BCUT2D eigenvalue weighted by atomic mass is 16.5. The van der Waals surface area contributed by atoms with Gasteiger partial charge in [0.15, 0.2) is 0 Å². The molecule has 0 aliphatic heterocycles. The summed E-state index contributed by atoms with van der Waals surface area (Å²) in [6.45, 7) is 6.49. The van der Waals surface area contributed by atoms with Crippen LogP contribution in [0.25, 0.3) is 11.1 Å². The number of carboxylic acid groups (broad SMARTS) is 1. The predicted octanol–water partition coefficient (Wildman–Crippen LogP) is 4.95. The van der Waals surface area contributed by atoms with E-state index in [9.17, 15) is 14.4 Å². The lowest BCUT2D eigenvalue weighted by atomic mass is 9.92. The van der Waals surface area contributed by atoms with Crippen molar-refractivity contribution in [1.29, 1.82) is 0 Å². The molecule has 1 aliphatic rings. The third-order valence-corrected chi connectivity index (χ3v) is 6.67. The van der Waals surface area contributed by atoms with Gasteiger partial charge >= 0.3 is 12.1 Å². The molecule has 1 aliphatic carbocycles. The Morgan fingerprint density at radius 2 is 1.57 bits per heavy atom. The summed E-state index contributed by atoms with van der Waals surface area (Å²) in [7, 11) is 0. The van der Waals surface area contributed by atoms with Crippen LogP contribution in [0.4, 0.5) is 4.79 Å². The molecule has 0 saturated carbocycles. The number of ether oxygens (including phenoxy) is 1. The van der Waals surface area contributed by atoms with Gasteiger partial charge in [-0.05, 0) is 40.5 Å². The third kappa shape index (κ3) is 7.07. The molecule has 0 aromatic heterocycles. The fourth-order valence-electron chi connectivity index (χ4n) is 4.72. The van der Waals surface area contributed by atoms with Crippen LogP contribution in [0, 0.1) is 11.8 Å². The largest absolute Gasteiger partial charge is 0.481 e. The first-order valence-corrected chi connectivity index (χ1v) is 12.4. The SMILES string of the molecule is CCC[C@@H](CC(=O)O)NC(=O)CC(CNC(=O)OCC1c2ccccc2-c2ccccc21)C(C)C. The Morgan fingerprint density at radius 3 is 2.11 bits per heavy atom. The first-order valence-electron chi connectivity index (χ1n) is 12.4. The maximum atomic E-state index is 12.6. The molecule has 0 fully saturated rings. The number of nitrogens with one attached hydrogen (secondary N) is 2. The summed E-state index contributed by atoms with van der Waals surface area (Å²) in [6, 6.07) is 16.0. The van der Waals surface area contributed by atoms with Gasteiger partial charge in [-0.15, -0.1) is 0 Å². The molecule has 35 heavy (non-hydrogen) atoms. The lowest BCUT2D eigenvalue weighted by Gasteiger charge is -2.23. The third-order valence-electron chi connectivity index (χ3n) is 6.67. The fraction of sp³-hybridized carbons (Fsp3) is 0.464. The molecule has 0 saturated heterocycles. The molecule has 2 amide bonds. The number of alkyl carbamates (subject to hydrolysis) is 1. The number of carboxylic acids is 1. The highest BCUT2D eigenvalue weighted by molar-refractivity contribution is 5.79. The van der Waals surface area contributed by atoms with E-state index in [1.807, 2.05) is 45.0 Å². The van der Waals surface area contributed by atoms with Crippen molar-refractivity contribution >= 4 is 18.0 Å². The Morgan fingerprint density at radius 1 is 0.971 bits per heavy atom. The van der Waals surface area contributed by atoms with Gasteiger partial charge in [0.2, 0.25) is 5.91 Å². The average Bonchev–Trinajstić information content (AvgIpc) is 3.13. The number of carbonyl (C=O) groups is 3. The first-order chi connectivity index (χ1) is 16.8. The second-order valence-electron chi connectivity index (χ2n) is 9.57. The predicted molar refractivity (Wildman–Crippen MR) is 135 cm³/mol. The standard InChI is InChI=1S/C28H36N2O5/c1-4-9-20(15-27(32)33)30-26(31)14-19(18(2)3)16-29-28(34)35-17-25-23-12-7-5-10-21(23)22-11-6-8-13-24(22)25/h5-8,10-13,18-20,25H,4,9,14-17H2,1-3H3,(H,29,34)(H,30,31)(H,32,33)/t19?,20-/m0/s1. The molecule has 0 radical (unpaired) electrons. The van der Waals surface area contributed by atoms with Crippen LogP contribution in [0.2, 0.25) is 0 Å². The molecule has 3 N–H and O–H groups in total. The van der Waals surface area contributed by atoms with E-state index in [0.29, 0.717) is 13.0 Å². The van der Waals surface area contributed by atoms with Crippen LogP contribution in [-0.2, 0) is 14.3 Å². The van der Waals surface area contributed by atoms with Crippen LogP contribution < -0.4 is 10.6 Å². The van der Waals surface area contributed by atoms with Crippen LogP contribution >= 0.6 is 0 Å². The van der Waals surface area contributed by atoms with Crippen LogP contribution in [0.1, 0.15) is 63.5 Å². The van der Waals surface area contributed by atoms with Crippen molar-refractivity contribution in [3.8, 4) is 11.1 Å². The molecule has 1 unspecified atom stereocenters. The van der Waals surface area contributed by atoms with Crippen LogP contribution in [0.5, 0.6) is 0 Å². The van der Waals surface area contributed by atoms with Gasteiger partial charge in [0, 0.05) is 24.9 Å². The van der Waals surface area contributed by atoms with E-state index in [1.54, 1.807) is 0 Å². The summed E-state index contributed by atoms with van der Waals surface area (Å²) < 4.78 is 5.60. The highest BCUT2D eigenvalue weighted by Gasteiger charge is 2.29. The minimum Gasteiger partial charge on any atom is -0.481 e. The minimum atomic E-state index is -0.930. The summed E-state index contributed by atoms with van der Waals surface area (Å²) in [6.07, 6.45) is 1.01. The van der Waals surface area contributed by atoms with Gasteiger partial charge in [0.25, 0.3) is 0 Å². The molecule has 0 bridgehead atoms. The zero-order valence-electron chi connectivity index (χ0n) is 20.8. The van der Waals surface area contributed by atoms with Crippen molar-refractivity contribution in [3.05, 3.63) is 59.7 Å². The molecule has 2 aromatic rings. The summed E-state index contributed by atoms with van der Waals surface area (Å²) >= 11 is 0. The number of aliphatic carboxylic acids is 1. The Bertz CT molecular complexity index is 990. The Labute approximate surface area is 207 Å². The second kappa shape index (κ2) is 12.4. The first kappa shape index (κ1) is 26.3. The normalized spacial score (nSPS) is 14.1.